The maximum atomic E-state index is 12.3. The van der Waals surface area contributed by atoms with Gasteiger partial charge in [0.15, 0.2) is 0 Å². The third-order valence-corrected chi connectivity index (χ3v) is 6.32. The van der Waals surface area contributed by atoms with E-state index in [1.807, 2.05) is 0 Å². The summed E-state index contributed by atoms with van der Waals surface area (Å²) in [6.07, 6.45) is 4.10. The van der Waals surface area contributed by atoms with Gasteiger partial charge in [-0.2, -0.15) is 0 Å². The number of nitrogens with zero attached hydrogens (tertiary/aromatic N) is 1. The first kappa shape index (κ1) is 21.4. The Labute approximate surface area is 170 Å². The van der Waals surface area contributed by atoms with E-state index in [2.05, 4.69) is 15.0 Å². The number of amides is 1. The Kier molecular flexibility index (Phi) is 7.32. The number of carbonyl (C=O) groups is 1. The van der Waals surface area contributed by atoms with Crippen LogP contribution in [0.4, 0.5) is 0 Å². The van der Waals surface area contributed by atoms with Gasteiger partial charge in [-0.1, -0.05) is 18.2 Å². The molecule has 0 spiro atoms. The second-order valence-corrected chi connectivity index (χ2v) is 8.64. The van der Waals surface area contributed by atoms with Crippen LogP contribution in [0.1, 0.15) is 29.6 Å². The summed E-state index contributed by atoms with van der Waals surface area (Å²) in [6, 6.07) is 11.2. The number of aliphatic hydroxyl groups excluding tert-OH is 1. The SMILES string of the molecule is O=C(N[C@H]1CC[C@H](CCNS(=O)(=O)c2ccccc2)O[C@H]1CO)c1cccnc1. The normalized spacial score (nSPS) is 22.2. The third-order valence-electron chi connectivity index (χ3n) is 4.85. The number of benzene rings is 1. The number of carbonyl (C=O) groups excluding carboxylic acids is 1. The lowest BCUT2D eigenvalue weighted by atomic mass is 9.97. The van der Waals surface area contributed by atoms with Crippen LogP contribution in [-0.2, 0) is 14.8 Å². The Morgan fingerprint density at radius 1 is 1.17 bits per heavy atom. The molecule has 3 atom stereocenters. The van der Waals surface area contributed by atoms with Gasteiger partial charge in [0, 0.05) is 18.9 Å². The first-order valence-electron chi connectivity index (χ1n) is 9.51. The van der Waals surface area contributed by atoms with Crippen LogP contribution in [0.5, 0.6) is 0 Å². The van der Waals surface area contributed by atoms with Crippen molar-refractivity contribution in [3.05, 3.63) is 60.4 Å². The molecule has 0 saturated carbocycles. The molecule has 0 radical (unpaired) electrons. The molecule has 29 heavy (non-hydrogen) atoms. The van der Waals surface area contributed by atoms with Crippen molar-refractivity contribution in [1.82, 2.24) is 15.0 Å². The molecule has 3 rings (SSSR count). The molecule has 1 aliphatic rings. The van der Waals surface area contributed by atoms with Crippen LogP contribution >= 0.6 is 0 Å². The molecule has 8 nitrogen and oxygen atoms in total. The number of aromatic nitrogens is 1. The molecule has 1 amide bonds. The van der Waals surface area contributed by atoms with E-state index in [-0.39, 0.29) is 36.1 Å². The van der Waals surface area contributed by atoms with Gasteiger partial charge in [-0.05, 0) is 43.5 Å². The lowest BCUT2D eigenvalue weighted by Crippen LogP contribution is -2.51. The van der Waals surface area contributed by atoms with Gasteiger partial charge in [-0.25, -0.2) is 13.1 Å². The van der Waals surface area contributed by atoms with Crippen LogP contribution in [-0.4, -0.2) is 55.8 Å². The van der Waals surface area contributed by atoms with Crippen LogP contribution in [0, 0.1) is 0 Å². The zero-order valence-corrected chi connectivity index (χ0v) is 16.7. The number of sulfonamides is 1. The first-order valence-corrected chi connectivity index (χ1v) is 11.0. The summed E-state index contributed by atoms with van der Waals surface area (Å²) in [5, 5.41) is 12.5. The van der Waals surface area contributed by atoms with Gasteiger partial charge in [-0.3, -0.25) is 9.78 Å². The summed E-state index contributed by atoms with van der Waals surface area (Å²) in [6.45, 7) is -0.00299. The maximum absolute atomic E-state index is 12.3. The van der Waals surface area contributed by atoms with Crippen LogP contribution in [0.3, 0.4) is 0 Å². The number of hydrogen-bond donors (Lipinski definition) is 3. The van der Waals surface area contributed by atoms with E-state index >= 15 is 0 Å². The summed E-state index contributed by atoms with van der Waals surface area (Å²) in [7, 11) is -3.56. The molecular formula is C20H25N3O5S. The van der Waals surface area contributed by atoms with Gasteiger partial charge in [0.05, 0.1) is 29.2 Å². The van der Waals surface area contributed by atoms with Crippen molar-refractivity contribution in [3.63, 3.8) is 0 Å². The second kappa shape index (κ2) is 9.93. The minimum Gasteiger partial charge on any atom is -0.394 e. The third kappa shape index (κ3) is 5.83. The van der Waals surface area contributed by atoms with Gasteiger partial charge < -0.3 is 15.2 Å². The molecule has 2 heterocycles. The average Bonchev–Trinajstić information content (AvgIpc) is 2.75. The highest BCUT2D eigenvalue weighted by atomic mass is 32.2. The molecule has 2 aromatic rings. The van der Waals surface area contributed by atoms with Crippen molar-refractivity contribution in [2.75, 3.05) is 13.2 Å². The van der Waals surface area contributed by atoms with Crippen LogP contribution in [0.25, 0.3) is 0 Å². The van der Waals surface area contributed by atoms with Crippen molar-refractivity contribution in [1.29, 1.82) is 0 Å². The fourth-order valence-corrected chi connectivity index (χ4v) is 4.36. The van der Waals surface area contributed by atoms with Crippen molar-refractivity contribution in [2.45, 2.75) is 42.4 Å². The van der Waals surface area contributed by atoms with Crippen molar-refractivity contribution in [3.8, 4) is 0 Å². The van der Waals surface area contributed by atoms with Gasteiger partial charge in [0.1, 0.15) is 6.10 Å². The van der Waals surface area contributed by atoms with Crippen LogP contribution in [0.15, 0.2) is 59.8 Å². The molecule has 156 valence electrons. The molecule has 9 heteroatoms. The van der Waals surface area contributed by atoms with E-state index in [0.29, 0.717) is 24.8 Å². The number of rotatable bonds is 8. The highest BCUT2D eigenvalue weighted by molar-refractivity contribution is 7.89. The Morgan fingerprint density at radius 2 is 1.97 bits per heavy atom. The summed E-state index contributed by atoms with van der Waals surface area (Å²) in [5.41, 5.74) is 0.446. The largest absolute Gasteiger partial charge is 0.394 e. The number of aliphatic hydroxyl groups is 1. The summed E-state index contributed by atoms with van der Waals surface area (Å²) in [4.78, 5) is 16.5. The highest BCUT2D eigenvalue weighted by Gasteiger charge is 2.32. The fraction of sp³-hybridized carbons (Fsp3) is 0.400. The molecule has 0 unspecified atom stereocenters. The van der Waals surface area contributed by atoms with E-state index in [1.54, 1.807) is 36.5 Å². The monoisotopic (exact) mass is 419 g/mol. The number of nitrogens with one attached hydrogen (secondary N) is 2. The second-order valence-electron chi connectivity index (χ2n) is 6.88. The van der Waals surface area contributed by atoms with E-state index in [9.17, 15) is 18.3 Å². The Bertz CT molecular complexity index is 893. The quantitative estimate of drug-likeness (QED) is 0.590. The first-order chi connectivity index (χ1) is 14.0. The smallest absolute Gasteiger partial charge is 0.253 e. The number of pyridine rings is 1. The van der Waals surface area contributed by atoms with E-state index < -0.39 is 16.1 Å². The molecule has 0 aliphatic carbocycles. The Hall–Kier alpha value is -2.33. The minimum atomic E-state index is -3.56. The summed E-state index contributed by atoms with van der Waals surface area (Å²) < 4.78 is 33.0. The Morgan fingerprint density at radius 3 is 2.66 bits per heavy atom. The molecule has 1 aromatic carbocycles. The van der Waals surface area contributed by atoms with Crippen molar-refractivity contribution in [2.24, 2.45) is 0 Å². The van der Waals surface area contributed by atoms with Gasteiger partial charge in [0.2, 0.25) is 10.0 Å². The maximum Gasteiger partial charge on any atom is 0.253 e. The molecule has 1 aromatic heterocycles. The molecule has 1 saturated heterocycles. The predicted molar refractivity (Wildman–Crippen MR) is 107 cm³/mol. The zero-order valence-electron chi connectivity index (χ0n) is 15.9. The van der Waals surface area contributed by atoms with Crippen LogP contribution in [0.2, 0.25) is 0 Å². The van der Waals surface area contributed by atoms with Crippen molar-refractivity contribution >= 4 is 15.9 Å². The van der Waals surface area contributed by atoms with Gasteiger partial charge >= 0.3 is 0 Å². The van der Waals surface area contributed by atoms with Gasteiger partial charge in [-0.15, -0.1) is 0 Å². The lowest BCUT2D eigenvalue weighted by Gasteiger charge is -2.36. The van der Waals surface area contributed by atoms with Gasteiger partial charge in [0.25, 0.3) is 5.91 Å². The molecule has 3 N–H and O–H groups in total. The predicted octanol–water partition coefficient (Wildman–Crippen LogP) is 1.09. The zero-order chi connectivity index (χ0) is 20.7. The topological polar surface area (TPSA) is 118 Å². The summed E-state index contributed by atoms with van der Waals surface area (Å²) in [5.74, 6) is -0.265. The Balaban J connectivity index is 1.49. The standard InChI is InChI=1S/C20H25N3O5S/c24-14-19-18(23-20(25)15-5-4-11-21-13-15)9-8-16(28-19)10-12-22-29(26,27)17-6-2-1-3-7-17/h1-7,11,13,16,18-19,22,24H,8-10,12,14H2,(H,23,25)/t16-,18+,19+/m1/s1. The van der Waals surface area contributed by atoms with E-state index in [1.165, 1.54) is 18.3 Å². The molecule has 1 aliphatic heterocycles. The molecule has 0 bridgehead atoms. The lowest BCUT2D eigenvalue weighted by molar-refractivity contribution is -0.0891. The number of hydrogen-bond acceptors (Lipinski definition) is 6. The minimum absolute atomic E-state index is 0.197. The van der Waals surface area contributed by atoms with Crippen molar-refractivity contribution < 1.29 is 23.1 Å². The molecular weight excluding hydrogens is 394 g/mol. The van der Waals surface area contributed by atoms with E-state index in [0.717, 1.165) is 0 Å². The fourth-order valence-electron chi connectivity index (χ4n) is 3.30. The summed E-state index contributed by atoms with van der Waals surface area (Å²) >= 11 is 0. The average molecular weight is 420 g/mol. The van der Waals surface area contributed by atoms with E-state index in [4.69, 9.17) is 4.74 Å². The molecule has 1 fully saturated rings. The van der Waals surface area contributed by atoms with Crippen LogP contribution < -0.4 is 10.0 Å². The highest BCUT2D eigenvalue weighted by Crippen LogP contribution is 2.22. The number of ether oxygens (including phenoxy) is 1.